The van der Waals surface area contributed by atoms with Crippen LogP contribution in [0.3, 0.4) is 0 Å². The van der Waals surface area contributed by atoms with Crippen molar-refractivity contribution in [1.82, 2.24) is 15.3 Å². The fourth-order valence-corrected chi connectivity index (χ4v) is 8.56. The molecule has 15 nitrogen and oxygen atoms in total. The highest BCUT2D eigenvalue weighted by atomic mass is 35.5. The van der Waals surface area contributed by atoms with Crippen molar-refractivity contribution in [1.29, 1.82) is 0 Å². The number of nitrogen functional groups attached to an aromatic ring is 1. The van der Waals surface area contributed by atoms with Crippen LogP contribution in [-0.2, 0) is 48.4 Å². The number of isocyanates is 1. The molecule has 0 aliphatic rings. The number of sulfonamides is 2. The van der Waals surface area contributed by atoms with Crippen molar-refractivity contribution in [2.45, 2.75) is 28.6 Å². The van der Waals surface area contributed by atoms with Crippen molar-refractivity contribution in [3.05, 3.63) is 169 Å². The van der Waals surface area contributed by atoms with E-state index >= 15 is 0 Å². The van der Waals surface area contributed by atoms with Gasteiger partial charge in [-0.1, -0.05) is 76.7 Å². The van der Waals surface area contributed by atoms with Crippen molar-refractivity contribution in [2.24, 2.45) is 4.99 Å². The third kappa shape index (κ3) is 15.0. The Morgan fingerprint density at radius 3 is 1.46 bits per heavy atom. The van der Waals surface area contributed by atoms with E-state index in [1.54, 1.807) is 12.1 Å². The highest BCUT2D eigenvalue weighted by Crippen LogP contribution is 2.38. The first kappa shape index (κ1) is 56.0. The van der Waals surface area contributed by atoms with Crippen LogP contribution in [0.4, 0.5) is 43.4 Å². The molecule has 27 heteroatoms. The number of ketones is 2. The summed E-state index contributed by atoms with van der Waals surface area (Å²) in [5.74, 6) is -1.66. The molecule has 0 saturated carbocycles. The van der Waals surface area contributed by atoms with Gasteiger partial charge in [-0.2, -0.15) is 26.3 Å². The number of nitrogens with zero attached hydrogens (tertiary/aromatic N) is 3. The molecule has 0 aliphatic carbocycles. The van der Waals surface area contributed by atoms with E-state index in [1.165, 1.54) is 56.6 Å². The third-order valence-corrected chi connectivity index (χ3v) is 12.6. The minimum absolute atomic E-state index is 0.00323. The Labute approximate surface area is 414 Å². The lowest BCUT2D eigenvalue weighted by Crippen LogP contribution is -2.20. The molecule has 368 valence electrons. The van der Waals surface area contributed by atoms with E-state index in [-0.39, 0.29) is 56.3 Å². The number of hydrogen-bond acceptors (Lipinski definition) is 12. The standard InChI is InChI=1S/C22H16Cl2F3N3O4S.C19H12Cl2F3N3O3S.C2H3NO/c1-28-19(31)8-12-3-2-4-13(7-12)21(32)20-18(9-14(23)11-29-20)30-35(33,34)15-5-6-17(24)16(10-15)22(25,26)27;20-11-7-16(17(26-9-11)18(28)10-2-1-3-12(25)6-10)27-31(29,30)13-4-5-15(21)14(8-13)19(22,23)24;1-3-2-4/h2-7,9-11,30H,8H2,1H3,(H,28,31);1-9,27H,25H2;1H3. The number of pyridine rings is 2. The molecule has 0 spiro atoms. The number of anilines is 3. The lowest BCUT2D eigenvalue weighted by molar-refractivity contribution is -0.138. The molecular weight excluding hydrogens is 1060 g/mol. The molecule has 2 aromatic heterocycles. The van der Waals surface area contributed by atoms with Gasteiger partial charge in [0.2, 0.25) is 23.6 Å². The van der Waals surface area contributed by atoms with Crippen molar-refractivity contribution in [3.63, 3.8) is 0 Å². The maximum atomic E-state index is 13.2. The zero-order valence-corrected chi connectivity index (χ0v) is 40.0. The van der Waals surface area contributed by atoms with Gasteiger partial charge in [0.05, 0.1) is 58.8 Å². The number of hydrogen-bond donors (Lipinski definition) is 4. The zero-order chi connectivity index (χ0) is 52.4. The van der Waals surface area contributed by atoms with Gasteiger partial charge >= 0.3 is 12.4 Å². The van der Waals surface area contributed by atoms with Gasteiger partial charge in [-0.05, 0) is 72.3 Å². The number of halogens is 10. The van der Waals surface area contributed by atoms with E-state index in [9.17, 15) is 57.6 Å². The molecule has 6 aromatic rings. The molecular formula is C43H31Cl4F6N7O8S2. The predicted molar refractivity (Wildman–Crippen MR) is 249 cm³/mol. The maximum Gasteiger partial charge on any atom is 0.417 e. The van der Waals surface area contributed by atoms with E-state index in [2.05, 4.69) is 29.7 Å². The Balaban J connectivity index is 0.000000285. The Morgan fingerprint density at radius 1 is 0.657 bits per heavy atom. The van der Waals surface area contributed by atoms with Crippen LogP contribution in [-0.4, -0.2) is 64.5 Å². The second kappa shape index (κ2) is 23.3. The lowest BCUT2D eigenvalue weighted by atomic mass is 10.0. The topological polar surface area (TPSA) is 237 Å². The molecule has 0 saturated heterocycles. The van der Waals surface area contributed by atoms with Gasteiger partial charge in [-0.15, -0.1) is 0 Å². The van der Waals surface area contributed by atoms with Gasteiger partial charge in [0.25, 0.3) is 20.0 Å². The number of nitrogens with one attached hydrogen (secondary N) is 3. The Kier molecular flexibility index (Phi) is 18.7. The van der Waals surface area contributed by atoms with Gasteiger partial charge in [-0.25, -0.2) is 36.6 Å². The lowest BCUT2D eigenvalue weighted by Gasteiger charge is -2.14. The van der Waals surface area contributed by atoms with Crippen LogP contribution in [0.1, 0.15) is 48.8 Å². The largest absolute Gasteiger partial charge is 0.417 e. The van der Waals surface area contributed by atoms with E-state index in [4.69, 9.17) is 56.9 Å². The highest BCUT2D eigenvalue weighted by Gasteiger charge is 2.36. The van der Waals surface area contributed by atoms with Crippen molar-refractivity contribution < 1.29 is 62.4 Å². The van der Waals surface area contributed by atoms with Crippen LogP contribution < -0.4 is 20.5 Å². The SMILES string of the molecule is CN=C=O.CNC(=O)Cc1cccc(C(=O)c2ncc(Cl)cc2NS(=O)(=O)c2ccc(Cl)c(C(F)(F)F)c2)c1.Nc1cccc(C(=O)c2ncc(Cl)cc2NS(=O)(=O)c2ccc(Cl)c(C(F)(F)F)c2)c1. The van der Waals surface area contributed by atoms with Gasteiger partial charge < -0.3 is 11.1 Å². The normalized spacial score (nSPS) is 11.4. The van der Waals surface area contributed by atoms with Gasteiger partial charge in [0, 0.05) is 43.3 Å². The molecule has 0 unspecified atom stereocenters. The number of carbonyl (C=O) groups excluding carboxylic acids is 4. The van der Waals surface area contributed by atoms with Crippen molar-refractivity contribution in [3.8, 4) is 0 Å². The molecule has 0 aliphatic heterocycles. The van der Waals surface area contributed by atoms with Crippen LogP contribution in [0, 0.1) is 0 Å². The Hall–Kier alpha value is -6.59. The number of rotatable bonds is 12. The fourth-order valence-electron chi connectivity index (χ4n) is 5.63. The summed E-state index contributed by atoms with van der Waals surface area (Å²) in [4.78, 5) is 55.8. The first-order valence-electron chi connectivity index (χ1n) is 18.9. The first-order valence-corrected chi connectivity index (χ1v) is 23.4. The quantitative estimate of drug-likeness (QED) is 0.0296. The van der Waals surface area contributed by atoms with Crippen LogP contribution in [0.5, 0.6) is 0 Å². The number of nitrogens with two attached hydrogens (primary N) is 1. The molecule has 5 N–H and O–H groups in total. The number of alkyl halides is 6. The molecule has 6 rings (SSSR count). The summed E-state index contributed by atoms with van der Waals surface area (Å²) < 4.78 is 134. The molecule has 0 radical (unpaired) electrons. The van der Waals surface area contributed by atoms with Crippen LogP contribution >= 0.6 is 46.4 Å². The van der Waals surface area contributed by atoms with E-state index in [1.807, 2.05) is 0 Å². The number of likely N-dealkylation sites (N-methyl/N-ethyl adjacent to an activating group) is 1. The van der Waals surface area contributed by atoms with Crippen molar-refractivity contribution in [2.75, 3.05) is 29.3 Å². The smallest absolute Gasteiger partial charge is 0.399 e. The number of carbonyl (C=O) groups is 3. The monoisotopic (exact) mass is 1090 g/mol. The maximum absolute atomic E-state index is 13.2. The second-order valence-electron chi connectivity index (χ2n) is 13.7. The Bertz CT molecular complexity index is 3250. The number of aromatic nitrogens is 2. The average molecular weight is 1090 g/mol. The summed E-state index contributed by atoms with van der Waals surface area (Å²) >= 11 is 22.9. The van der Waals surface area contributed by atoms with Crippen molar-refractivity contribution >= 4 is 107 Å². The minimum Gasteiger partial charge on any atom is -0.399 e. The fraction of sp³-hybridized carbons (Fsp3) is 0.116. The number of aliphatic imine (C=N–C) groups is 1. The molecule has 2 heterocycles. The zero-order valence-electron chi connectivity index (χ0n) is 35.4. The summed E-state index contributed by atoms with van der Waals surface area (Å²) in [5, 5.41) is 1.10. The number of benzene rings is 4. The van der Waals surface area contributed by atoms with Crippen LogP contribution in [0.2, 0.25) is 20.1 Å². The molecule has 4 aromatic carbocycles. The average Bonchev–Trinajstić information content (AvgIpc) is 3.28. The second-order valence-corrected chi connectivity index (χ2v) is 18.8. The summed E-state index contributed by atoms with van der Waals surface area (Å²) in [6.45, 7) is 0. The van der Waals surface area contributed by atoms with E-state index in [0.717, 1.165) is 48.8 Å². The molecule has 1 amide bonds. The molecule has 0 bridgehead atoms. The predicted octanol–water partition coefficient (Wildman–Crippen LogP) is 9.70. The summed E-state index contributed by atoms with van der Waals surface area (Å²) in [6, 6.07) is 18.3. The highest BCUT2D eigenvalue weighted by molar-refractivity contribution is 7.93. The summed E-state index contributed by atoms with van der Waals surface area (Å²) in [6.07, 6.45) is -6.20. The first-order chi connectivity index (χ1) is 32.6. The third-order valence-electron chi connectivity index (χ3n) is 8.81. The number of amides is 1. The molecule has 0 atom stereocenters. The van der Waals surface area contributed by atoms with E-state index in [0.29, 0.717) is 23.4 Å². The minimum atomic E-state index is -4.89. The van der Waals surface area contributed by atoms with Crippen LogP contribution in [0.15, 0.2) is 124 Å². The van der Waals surface area contributed by atoms with Gasteiger partial charge in [0.15, 0.2) is 0 Å². The van der Waals surface area contributed by atoms with Gasteiger partial charge in [-0.3, -0.25) is 23.8 Å². The van der Waals surface area contributed by atoms with E-state index < -0.39 is 74.9 Å². The van der Waals surface area contributed by atoms with Gasteiger partial charge in [0.1, 0.15) is 11.4 Å². The van der Waals surface area contributed by atoms with Crippen LogP contribution in [0.25, 0.3) is 0 Å². The molecule has 0 fully saturated rings. The summed E-state index contributed by atoms with van der Waals surface area (Å²) in [7, 11) is -6.32. The Morgan fingerprint density at radius 2 is 1.07 bits per heavy atom. The summed E-state index contributed by atoms with van der Waals surface area (Å²) in [5.41, 5.74) is 2.73. The molecule has 70 heavy (non-hydrogen) atoms.